The predicted molar refractivity (Wildman–Crippen MR) is 78.2 cm³/mol. The Bertz CT molecular complexity index is 255. The summed E-state index contributed by atoms with van der Waals surface area (Å²) in [5.74, 6) is 1.70. The van der Waals surface area contributed by atoms with Gasteiger partial charge in [-0.15, -0.1) is 11.6 Å². The Labute approximate surface area is 118 Å². The van der Waals surface area contributed by atoms with E-state index in [9.17, 15) is 0 Å². The highest BCUT2D eigenvalue weighted by Gasteiger charge is 2.40. The quantitative estimate of drug-likeness (QED) is 0.656. The fourth-order valence-corrected chi connectivity index (χ4v) is 4.15. The molecule has 1 atom stereocenters. The van der Waals surface area contributed by atoms with Gasteiger partial charge in [-0.1, -0.05) is 20.8 Å². The summed E-state index contributed by atoms with van der Waals surface area (Å²) in [6.45, 7) is 8.11. The number of ether oxygens (including phenoxy) is 1. The molecule has 2 rings (SSSR count). The smallest absolute Gasteiger partial charge is 0.0581 e. The van der Waals surface area contributed by atoms with Crippen LogP contribution in [0.2, 0.25) is 0 Å². The highest BCUT2D eigenvalue weighted by atomic mass is 35.5. The summed E-state index contributed by atoms with van der Waals surface area (Å²) >= 11 is 6.32. The Hall–Kier alpha value is 0.250. The van der Waals surface area contributed by atoms with Crippen LogP contribution in [-0.4, -0.2) is 18.6 Å². The van der Waals surface area contributed by atoms with E-state index in [1.165, 1.54) is 44.9 Å². The summed E-state index contributed by atoms with van der Waals surface area (Å²) < 4.78 is 5.82. The van der Waals surface area contributed by atoms with Gasteiger partial charge in [-0.05, 0) is 61.7 Å². The van der Waals surface area contributed by atoms with Gasteiger partial charge in [0.1, 0.15) is 0 Å². The lowest BCUT2D eigenvalue weighted by atomic mass is 9.63. The molecule has 2 heteroatoms. The molecule has 1 heterocycles. The molecular formula is C16H29ClO. The van der Waals surface area contributed by atoms with Crippen molar-refractivity contribution in [2.24, 2.45) is 16.7 Å². The van der Waals surface area contributed by atoms with E-state index in [1.54, 1.807) is 0 Å². The molecule has 1 saturated carbocycles. The Morgan fingerprint density at radius 3 is 2.28 bits per heavy atom. The normalized spacial score (nSPS) is 38.0. The lowest BCUT2D eigenvalue weighted by Gasteiger charge is -2.44. The van der Waals surface area contributed by atoms with Gasteiger partial charge in [0.05, 0.1) is 6.10 Å². The van der Waals surface area contributed by atoms with Gasteiger partial charge in [0.25, 0.3) is 0 Å². The second kappa shape index (κ2) is 5.71. The monoisotopic (exact) mass is 272 g/mol. The molecule has 1 nitrogen and oxygen atoms in total. The van der Waals surface area contributed by atoms with E-state index < -0.39 is 0 Å². The zero-order valence-electron chi connectivity index (χ0n) is 12.3. The maximum absolute atomic E-state index is 6.32. The minimum atomic E-state index is 0.373. The summed E-state index contributed by atoms with van der Waals surface area (Å²) in [5.41, 5.74) is 0.834. The second-order valence-corrected chi connectivity index (χ2v) is 7.88. The van der Waals surface area contributed by atoms with Gasteiger partial charge in [-0.3, -0.25) is 0 Å². The second-order valence-electron chi connectivity index (χ2n) is 7.61. The van der Waals surface area contributed by atoms with Gasteiger partial charge < -0.3 is 4.74 Å². The summed E-state index contributed by atoms with van der Waals surface area (Å²) in [5, 5.41) is 0. The highest BCUT2D eigenvalue weighted by Crippen LogP contribution is 2.48. The molecule has 0 amide bonds. The van der Waals surface area contributed by atoms with Gasteiger partial charge >= 0.3 is 0 Å². The SMILES string of the molecule is CC(C)(C)C1CCC(CCl)(CC2CCCO2)CC1. The lowest BCUT2D eigenvalue weighted by molar-refractivity contribution is 0.0315. The fraction of sp³-hybridized carbons (Fsp3) is 1.00. The molecular weight excluding hydrogens is 244 g/mol. The summed E-state index contributed by atoms with van der Waals surface area (Å²) in [4.78, 5) is 0. The van der Waals surface area contributed by atoms with Crippen LogP contribution in [0.15, 0.2) is 0 Å². The van der Waals surface area contributed by atoms with Crippen molar-refractivity contribution in [3.8, 4) is 0 Å². The molecule has 0 aromatic carbocycles. The molecule has 0 spiro atoms. The first-order valence-electron chi connectivity index (χ1n) is 7.63. The number of hydrogen-bond donors (Lipinski definition) is 0. The van der Waals surface area contributed by atoms with Crippen LogP contribution >= 0.6 is 11.6 Å². The Balaban J connectivity index is 1.90. The average Bonchev–Trinajstić information content (AvgIpc) is 2.81. The molecule has 0 N–H and O–H groups in total. The van der Waals surface area contributed by atoms with Crippen molar-refractivity contribution in [2.45, 2.75) is 71.8 Å². The minimum Gasteiger partial charge on any atom is -0.378 e. The van der Waals surface area contributed by atoms with Crippen LogP contribution in [0.1, 0.15) is 65.7 Å². The standard InChI is InChI=1S/C16H29ClO/c1-15(2,3)13-6-8-16(12-17,9-7-13)11-14-5-4-10-18-14/h13-14H,4-12H2,1-3H3. The molecule has 1 saturated heterocycles. The first-order valence-corrected chi connectivity index (χ1v) is 8.16. The fourth-order valence-electron chi connectivity index (χ4n) is 3.78. The third-order valence-corrected chi connectivity index (χ3v) is 5.81. The molecule has 0 aromatic rings. The highest BCUT2D eigenvalue weighted by molar-refractivity contribution is 6.18. The first-order chi connectivity index (χ1) is 8.45. The van der Waals surface area contributed by atoms with Gasteiger partial charge in [-0.25, -0.2) is 0 Å². The predicted octanol–water partition coefficient (Wildman–Crippen LogP) is 5.02. The first kappa shape index (κ1) is 14.7. The topological polar surface area (TPSA) is 9.23 Å². The van der Waals surface area contributed by atoms with Crippen LogP contribution in [0.25, 0.3) is 0 Å². The van der Waals surface area contributed by atoms with E-state index in [4.69, 9.17) is 16.3 Å². The molecule has 1 unspecified atom stereocenters. The van der Waals surface area contributed by atoms with E-state index in [1.807, 2.05) is 0 Å². The number of hydrogen-bond acceptors (Lipinski definition) is 1. The molecule has 0 radical (unpaired) electrons. The van der Waals surface area contributed by atoms with Crippen LogP contribution in [0, 0.1) is 16.7 Å². The molecule has 1 aliphatic carbocycles. The van der Waals surface area contributed by atoms with Gasteiger partial charge in [-0.2, -0.15) is 0 Å². The minimum absolute atomic E-state index is 0.373. The molecule has 2 aliphatic rings. The van der Waals surface area contributed by atoms with Crippen molar-refractivity contribution in [3.63, 3.8) is 0 Å². The third kappa shape index (κ3) is 3.42. The average molecular weight is 273 g/mol. The number of halogens is 1. The van der Waals surface area contributed by atoms with Gasteiger partial charge in [0.2, 0.25) is 0 Å². The summed E-state index contributed by atoms with van der Waals surface area (Å²) in [6.07, 6.45) is 9.50. The zero-order chi connectivity index (χ0) is 13.2. The van der Waals surface area contributed by atoms with Crippen molar-refractivity contribution in [1.29, 1.82) is 0 Å². The summed E-state index contributed by atoms with van der Waals surface area (Å²) in [6, 6.07) is 0. The number of alkyl halides is 1. The Morgan fingerprint density at radius 1 is 1.17 bits per heavy atom. The number of rotatable bonds is 3. The van der Waals surface area contributed by atoms with Crippen molar-refractivity contribution >= 4 is 11.6 Å². The zero-order valence-corrected chi connectivity index (χ0v) is 13.1. The van der Waals surface area contributed by atoms with Crippen LogP contribution in [-0.2, 0) is 4.74 Å². The van der Waals surface area contributed by atoms with Crippen LogP contribution < -0.4 is 0 Å². The van der Waals surface area contributed by atoms with Crippen molar-refractivity contribution < 1.29 is 4.74 Å². The van der Waals surface area contributed by atoms with Crippen LogP contribution in [0.4, 0.5) is 0 Å². The molecule has 106 valence electrons. The largest absolute Gasteiger partial charge is 0.378 e. The van der Waals surface area contributed by atoms with Gasteiger partial charge in [0.15, 0.2) is 0 Å². The van der Waals surface area contributed by atoms with Crippen molar-refractivity contribution in [2.75, 3.05) is 12.5 Å². The Morgan fingerprint density at radius 2 is 1.83 bits per heavy atom. The molecule has 1 aliphatic heterocycles. The van der Waals surface area contributed by atoms with Gasteiger partial charge in [0, 0.05) is 12.5 Å². The molecule has 0 bridgehead atoms. The van der Waals surface area contributed by atoms with Crippen molar-refractivity contribution in [3.05, 3.63) is 0 Å². The molecule has 18 heavy (non-hydrogen) atoms. The third-order valence-electron chi connectivity index (χ3n) is 5.24. The lowest BCUT2D eigenvalue weighted by Crippen LogP contribution is -2.36. The molecule has 0 aromatic heterocycles. The van der Waals surface area contributed by atoms with E-state index in [2.05, 4.69) is 20.8 Å². The van der Waals surface area contributed by atoms with E-state index in [0.29, 0.717) is 16.9 Å². The molecule has 2 fully saturated rings. The Kier molecular flexibility index (Phi) is 4.65. The van der Waals surface area contributed by atoms with Crippen LogP contribution in [0.5, 0.6) is 0 Å². The maximum atomic E-state index is 6.32. The van der Waals surface area contributed by atoms with E-state index in [-0.39, 0.29) is 0 Å². The van der Waals surface area contributed by atoms with E-state index in [0.717, 1.165) is 18.4 Å². The van der Waals surface area contributed by atoms with Crippen LogP contribution in [0.3, 0.4) is 0 Å². The maximum Gasteiger partial charge on any atom is 0.0581 e. The van der Waals surface area contributed by atoms with Crippen molar-refractivity contribution in [1.82, 2.24) is 0 Å². The summed E-state index contributed by atoms with van der Waals surface area (Å²) in [7, 11) is 0. The van der Waals surface area contributed by atoms with E-state index >= 15 is 0 Å².